The summed E-state index contributed by atoms with van der Waals surface area (Å²) < 4.78 is 25.3. The van der Waals surface area contributed by atoms with Crippen LogP contribution >= 0.6 is 11.6 Å². The van der Waals surface area contributed by atoms with E-state index in [1.807, 2.05) is 0 Å². The molecule has 0 aliphatic heterocycles. The molecule has 0 aliphatic carbocycles. The number of hydrazone groups is 1. The zero-order valence-corrected chi connectivity index (χ0v) is 17.5. The summed E-state index contributed by atoms with van der Waals surface area (Å²) in [7, 11) is -3.75. The standard InChI is InChI=1S/C18H19ClN4O5S/c1-12-9-15(19)7-8-17(12)22(29(3,27)28)11-18(24)21-20-13(2)14-5-4-6-16(10-14)23(25)26/h4-10H,11H2,1-3H3,(H,21,24). The van der Waals surface area contributed by atoms with Crippen molar-refractivity contribution in [3.8, 4) is 0 Å². The maximum Gasteiger partial charge on any atom is 0.270 e. The zero-order chi connectivity index (χ0) is 21.8. The molecule has 0 saturated heterocycles. The SMILES string of the molecule is CC(=NNC(=O)CN(c1ccc(Cl)cc1C)S(C)(=O)=O)c1cccc([N+](=O)[O-])c1. The van der Waals surface area contributed by atoms with Gasteiger partial charge in [0.25, 0.3) is 11.6 Å². The average Bonchev–Trinajstić information content (AvgIpc) is 2.64. The first-order valence-corrected chi connectivity index (χ1v) is 10.5. The Kier molecular flexibility index (Phi) is 6.93. The fourth-order valence-electron chi connectivity index (χ4n) is 2.50. The second kappa shape index (κ2) is 9.01. The van der Waals surface area contributed by atoms with Gasteiger partial charge in [0, 0.05) is 22.7 Å². The number of rotatable bonds is 7. The van der Waals surface area contributed by atoms with Crippen LogP contribution in [0.4, 0.5) is 11.4 Å². The van der Waals surface area contributed by atoms with E-state index in [-0.39, 0.29) is 5.69 Å². The minimum Gasteiger partial charge on any atom is -0.271 e. The van der Waals surface area contributed by atoms with E-state index in [2.05, 4.69) is 10.5 Å². The predicted molar refractivity (Wildman–Crippen MR) is 112 cm³/mol. The molecule has 0 spiro atoms. The maximum atomic E-state index is 12.3. The number of aryl methyl sites for hydroxylation is 1. The molecule has 11 heteroatoms. The number of sulfonamides is 1. The van der Waals surface area contributed by atoms with Crippen molar-refractivity contribution in [2.24, 2.45) is 5.10 Å². The third kappa shape index (κ3) is 6.00. The highest BCUT2D eigenvalue weighted by Gasteiger charge is 2.22. The number of nitro benzene ring substituents is 1. The van der Waals surface area contributed by atoms with Crippen LogP contribution in [0.1, 0.15) is 18.1 Å². The first kappa shape index (κ1) is 22.3. The number of hydrogen-bond acceptors (Lipinski definition) is 6. The molecular formula is C18H19ClN4O5S. The number of carbonyl (C=O) groups excluding carboxylic acids is 1. The molecule has 0 atom stereocenters. The molecule has 2 aromatic carbocycles. The summed E-state index contributed by atoms with van der Waals surface area (Å²) in [6, 6.07) is 10.4. The molecule has 2 rings (SSSR count). The van der Waals surface area contributed by atoms with E-state index in [0.29, 0.717) is 27.5 Å². The van der Waals surface area contributed by atoms with E-state index >= 15 is 0 Å². The van der Waals surface area contributed by atoms with Crippen LogP contribution in [0.3, 0.4) is 0 Å². The van der Waals surface area contributed by atoms with Gasteiger partial charge in [0.15, 0.2) is 0 Å². The molecule has 1 amide bonds. The van der Waals surface area contributed by atoms with Crippen molar-refractivity contribution in [3.63, 3.8) is 0 Å². The smallest absolute Gasteiger partial charge is 0.270 e. The van der Waals surface area contributed by atoms with Crippen LogP contribution in [0.15, 0.2) is 47.6 Å². The van der Waals surface area contributed by atoms with Gasteiger partial charge in [-0.3, -0.25) is 19.2 Å². The Labute approximate surface area is 173 Å². The molecule has 2 aromatic rings. The van der Waals surface area contributed by atoms with E-state index in [9.17, 15) is 23.3 Å². The lowest BCUT2D eigenvalue weighted by Gasteiger charge is -2.23. The number of non-ortho nitro benzene ring substituents is 1. The third-order valence-corrected chi connectivity index (χ3v) is 5.30. The number of carbonyl (C=O) groups is 1. The fourth-order valence-corrected chi connectivity index (χ4v) is 3.64. The topological polar surface area (TPSA) is 122 Å². The summed E-state index contributed by atoms with van der Waals surface area (Å²) in [4.78, 5) is 22.6. The molecule has 9 nitrogen and oxygen atoms in total. The summed E-state index contributed by atoms with van der Waals surface area (Å²) in [6.45, 7) is 2.76. The molecule has 0 heterocycles. The lowest BCUT2D eigenvalue weighted by molar-refractivity contribution is -0.384. The number of halogens is 1. The Morgan fingerprint density at radius 2 is 1.97 bits per heavy atom. The first-order chi connectivity index (χ1) is 13.5. The van der Waals surface area contributed by atoms with Crippen molar-refractivity contribution >= 4 is 44.6 Å². The molecule has 0 fully saturated rings. The molecule has 0 unspecified atom stereocenters. The lowest BCUT2D eigenvalue weighted by Crippen LogP contribution is -2.39. The average molecular weight is 439 g/mol. The highest BCUT2D eigenvalue weighted by Crippen LogP contribution is 2.25. The van der Waals surface area contributed by atoms with Gasteiger partial charge < -0.3 is 0 Å². The van der Waals surface area contributed by atoms with Crippen LogP contribution < -0.4 is 9.73 Å². The molecule has 0 aromatic heterocycles. The van der Waals surface area contributed by atoms with Crippen molar-refractivity contribution < 1.29 is 18.1 Å². The summed E-state index contributed by atoms with van der Waals surface area (Å²) >= 11 is 5.91. The number of nitrogens with one attached hydrogen (secondary N) is 1. The van der Waals surface area contributed by atoms with E-state index in [4.69, 9.17) is 11.6 Å². The molecule has 29 heavy (non-hydrogen) atoms. The first-order valence-electron chi connectivity index (χ1n) is 8.31. The van der Waals surface area contributed by atoms with E-state index in [0.717, 1.165) is 10.6 Å². The Morgan fingerprint density at radius 3 is 2.55 bits per heavy atom. The van der Waals surface area contributed by atoms with Gasteiger partial charge in [0.2, 0.25) is 10.0 Å². The molecule has 1 N–H and O–H groups in total. The molecular weight excluding hydrogens is 420 g/mol. The van der Waals surface area contributed by atoms with Crippen LogP contribution in [0.5, 0.6) is 0 Å². The molecule has 0 bridgehead atoms. The Morgan fingerprint density at radius 1 is 1.28 bits per heavy atom. The Hall–Kier alpha value is -2.98. The van der Waals surface area contributed by atoms with Gasteiger partial charge in [-0.15, -0.1) is 0 Å². The van der Waals surface area contributed by atoms with Gasteiger partial charge in [0.1, 0.15) is 6.54 Å². The second-order valence-electron chi connectivity index (χ2n) is 6.24. The predicted octanol–water partition coefficient (Wildman–Crippen LogP) is 2.86. The molecule has 0 radical (unpaired) electrons. The number of hydrogen-bond donors (Lipinski definition) is 1. The minimum atomic E-state index is -3.75. The van der Waals surface area contributed by atoms with E-state index in [1.54, 1.807) is 26.0 Å². The van der Waals surface area contributed by atoms with E-state index in [1.165, 1.54) is 30.3 Å². The van der Waals surface area contributed by atoms with Crippen LogP contribution in [0.25, 0.3) is 0 Å². The number of nitrogens with zero attached hydrogens (tertiary/aromatic N) is 3. The van der Waals surface area contributed by atoms with E-state index < -0.39 is 27.4 Å². The minimum absolute atomic E-state index is 0.107. The number of nitro groups is 1. The van der Waals surface area contributed by atoms with Crippen molar-refractivity contribution in [1.29, 1.82) is 0 Å². The summed E-state index contributed by atoms with van der Waals surface area (Å²) in [5.41, 5.74) is 3.87. The number of amides is 1. The van der Waals surface area contributed by atoms with Crippen LogP contribution in [0.2, 0.25) is 5.02 Å². The third-order valence-electron chi connectivity index (χ3n) is 3.94. The van der Waals surface area contributed by atoms with Crippen LogP contribution in [0, 0.1) is 17.0 Å². The summed E-state index contributed by atoms with van der Waals surface area (Å²) in [6.07, 6.45) is 0.992. The number of anilines is 1. The highest BCUT2D eigenvalue weighted by molar-refractivity contribution is 7.92. The van der Waals surface area contributed by atoms with Gasteiger partial charge in [0.05, 0.1) is 22.6 Å². The Balaban J connectivity index is 2.19. The van der Waals surface area contributed by atoms with Gasteiger partial charge in [-0.2, -0.15) is 5.10 Å². The van der Waals surface area contributed by atoms with Crippen LogP contribution in [-0.2, 0) is 14.8 Å². The molecule has 0 saturated carbocycles. The van der Waals surface area contributed by atoms with Crippen LogP contribution in [-0.4, -0.2) is 37.8 Å². The second-order valence-corrected chi connectivity index (χ2v) is 8.58. The maximum absolute atomic E-state index is 12.3. The van der Waals surface area contributed by atoms with Gasteiger partial charge in [-0.25, -0.2) is 13.8 Å². The fraction of sp³-hybridized carbons (Fsp3) is 0.222. The molecule has 0 aliphatic rings. The number of benzene rings is 2. The molecule has 154 valence electrons. The normalized spacial score (nSPS) is 11.8. The van der Waals surface area contributed by atoms with Crippen molar-refractivity contribution in [2.45, 2.75) is 13.8 Å². The summed E-state index contributed by atoms with van der Waals surface area (Å²) in [5.74, 6) is -0.672. The zero-order valence-electron chi connectivity index (χ0n) is 15.9. The largest absolute Gasteiger partial charge is 0.271 e. The van der Waals surface area contributed by atoms with Crippen molar-refractivity contribution in [1.82, 2.24) is 5.43 Å². The quantitative estimate of drug-likeness (QED) is 0.404. The lowest BCUT2D eigenvalue weighted by atomic mass is 10.1. The van der Waals surface area contributed by atoms with Crippen molar-refractivity contribution in [2.75, 3.05) is 17.1 Å². The Bertz CT molecular complexity index is 1090. The highest BCUT2D eigenvalue weighted by atomic mass is 35.5. The summed E-state index contributed by atoms with van der Waals surface area (Å²) in [5, 5.41) is 15.2. The van der Waals surface area contributed by atoms with Gasteiger partial charge >= 0.3 is 0 Å². The van der Waals surface area contributed by atoms with Crippen molar-refractivity contribution in [3.05, 3.63) is 68.7 Å². The van der Waals surface area contributed by atoms with Gasteiger partial charge in [-0.1, -0.05) is 23.7 Å². The van der Waals surface area contributed by atoms with Gasteiger partial charge in [-0.05, 0) is 37.6 Å². The monoisotopic (exact) mass is 438 g/mol.